The van der Waals surface area contributed by atoms with E-state index < -0.39 is 0 Å². The number of carbonyl (C=O) groups is 1. The number of amides is 1. The highest BCUT2D eigenvalue weighted by atomic mass is 32.1. The van der Waals surface area contributed by atoms with Crippen LogP contribution >= 0.6 is 22.7 Å². The second kappa shape index (κ2) is 5.44. The molecule has 1 atom stereocenters. The standard InChI is InChI=1S/C16H15N3OS2/c1-9-18-14-11(5-3-7-13(14)22-9)19-16(20)10-4-2-6-12-15(10)21-8-17-12/h2,4,6,8,11H,3,5,7H2,1H3,(H,19,20). The Bertz CT molecular complexity index is 852. The third kappa shape index (κ3) is 2.32. The Morgan fingerprint density at radius 1 is 1.41 bits per heavy atom. The van der Waals surface area contributed by atoms with Gasteiger partial charge in [-0.2, -0.15) is 0 Å². The summed E-state index contributed by atoms with van der Waals surface area (Å²) in [5.41, 5.74) is 4.44. The van der Waals surface area contributed by atoms with Crippen molar-refractivity contribution in [1.29, 1.82) is 0 Å². The summed E-state index contributed by atoms with van der Waals surface area (Å²) in [6.07, 6.45) is 3.14. The number of nitrogens with zero attached hydrogens (tertiary/aromatic N) is 2. The van der Waals surface area contributed by atoms with Gasteiger partial charge in [-0.15, -0.1) is 22.7 Å². The van der Waals surface area contributed by atoms with Gasteiger partial charge in [-0.05, 0) is 38.3 Å². The van der Waals surface area contributed by atoms with Crippen molar-refractivity contribution in [3.8, 4) is 0 Å². The van der Waals surface area contributed by atoms with E-state index in [-0.39, 0.29) is 11.9 Å². The second-order valence-electron chi connectivity index (χ2n) is 5.47. The average molecular weight is 329 g/mol. The van der Waals surface area contributed by atoms with Gasteiger partial charge < -0.3 is 5.32 Å². The van der Waals surface area contributed by atoms with Crippen LogP contribution in [0.5, 0.6) is 0 Å². The van der Waals surface area contributed by atoms with Crippen LogP contribution in [0.15, 0.2) is 23.7 Å². The molecule has 0 spiro atoms. The Morgan fingerprint density at radius 2 is 2.32 bits per heavy atom. The summed E-state index contributed by atoms with van der Waals surface area (Å²) in [6, 6.07) is 5.72. The molecule has 0 saturated heterocycles. The van der Waals surface area contributed by atoms with Gasteiger partial charge in [0.05, 0.1) is 38.0 Å². The maximum absolute atomic E-state index is 12.7. The number of thiazole rings is 2. The predicted molar refractivity (Wildman–Crippen MR) is 89.6 cm³/mol. The maximum Gasteiger partial charge on any atom is 0.253 e. The fourth-order valence-electron chi connectivity index (χ4n) is 2.98. The van der Waals surface area contributed by atoms with Crippen molar-refractivity contribution in [3.63, 3.8) is 0 Å². The van der Waals surface area contributed by atoms with Gasteiger partial charge in [-0.1, -0.05) is 6.07 Å². The number of nitrogens with one attached hydrogen (secondary N) is 1. The van der Waals surface area contributed by atoms with Crippen LogP contribution in [0.4, 0.5) is 0 Å². The minimum Gasteiger partial charge on any atom is -0.344 e. The van der Waals surface area contributed by atoms with E-state index in [1.807, 2.05) is 25.1 Å². The zero-order valence-corrected chi connectivity index (χ0v) is 13.8. The minimum atomic E-state index is -0.0293. The quantitative estimate of drug-likeness (QED) is 0.776. The summed E-state index contributed by atoms with van der Waals surface area (Å²) in [5.74, 6) is -0.0293. The van der Waals surface area contributed by atoms with Crippen LogP contribution in [0.2, 0.25) is 0 Å². The van der Waals surface area contributed by atoms with Crippen molar-refractivity contribution in [2.45, 2.75) is 32.2 Å². The number of aryl methyl sites for hydroxylation is 2. The van der Waals surface area contributed by atoms with Gasteiger partial charge in [-0.3, -0.25) is 4.79 Å². The normalized spacial score (nSPS) is 17.4. The summed E-state index contributed by atoms with van der Waals surface area (Å²) in [7, 11) is 0. The van der Waals surface area contributed by atoms with E-state index in [1.54, 1.807) is 16.8 Å². The molecule has 1 unspecified atom stereocenters. The van der Waals surface area contributed by atoms with Crippen LogP contribution in [0.3, 0.4) is 0 Å². The molecule has 1 amide bonds. The van der Waals surface area contributed by atoms with Gasteiger partial charge >= 0.3 is 0 Å². The second-order valence-corrected chi connectivity index (χ2v) is 7.61. The van der Waals surface area contributed by atoms with E-state index in [2.05, 4.69) is 15.3 Å². The summed E-state index contributed by atoms with van der Waals surface area (Å²) < 4.78 is 0.950. The molecule has 112 valence electrons. The third-order valence-corrected chi connectivity index (χ3v) is 5.89. The lowest BCUT2D eigenvalue weighted by Gasteiger charge is -2.22. The van der Waals surface area contributed by atoms with Crippen LogP contribution in [0.25, 0.3) is 10.2 Å². The smallest absolute Gasteiger partial charge is 0.253 e. The fourth-order valence-corrected chi connectivity index (χ4v) is 4.82. The number of hydrogen-bond acceptors (Lipinski definition) is 5. The van der Waals surface area contributed by atoms with Crippen molar-refractivity contribution < 1.29 is 4.79 Å². The molecule has 3 aromatic rings. The molecular formula is C16H15N3OS2. The van der Waals surface area contributed by atoms with Gasteiger partial charge in [0.25, 0.3) is 5.91 Å². The largest absolute Gasteiger partial charge is 0.344 e. The molecule has 1 N–H and O–H groups in total. The van der Waals surface area contributed by atoms with E-state index in [0.29, 0.717) is 5.56 Å². The fraction of sp³-hybridized carbons (Fsp3) is 0.312. The first-order valence-electron chi connectivity index (χ1n) is 7.31. The molecule has 1 aliphatic carbocycles. The van der Waals surface area contributed by atoms with Gasteiger partial charge in [0, 0.05) is 4.88 Å². The molecule has 2 aromatic heterocycles. The molecule has 1 aromatic carbocycles. The van der Waals surface area contributed by atoms with Gasteiger partial charge in [0.15, 0.2) is 0 Å². The molecule has 6 heteroatoms. The van der Waals surface area contributed by atoms with E-state index >= 15 is 0 Å². The van der Waals surface area contributed by atoms with Crippen LogP contribution in [-0.2, 0) is 6.42 Å². The van der Waals surface area contributed by atoms with E-state index in [0.717, 1.165) is 40.2 Å². The Morgan fingerprint density at radius 3 is 3.23 bits per heavy atom. The first kappa shape index (κ1) is 13.8. The number of aromatic nitrogens is 2. The maximum atomic E-state index is 12.7. The van der Waals surface area contributed by atoms with Gasteiger partial charge in [0.2, 0.25) is 0 Å². The van der Waals surface area contributed by atoms with E-state index in [9.17, 15) is 4.79 Å². The summed E-state index contributed by atoms with van der Waals surface area (Å²) >= 11 is 3.26. The number of hydrogen-bond donors (Lipinski definition) is 1. The van der Waals surface area contributed by atoms with Crippen molar-refractivity contribution in [2.75, 3.05) is 0 Å². The monoisotopic (exact) mass is 329 g/mol. The topological polar surface area (TPSA) is 54.9 Å². The first-order chi connectivity index (χ1) is 10.7. The predicted octanol–water partition coefficient (Wildman–Crippen LogP) is 3.87. The Labute approximate surface area is 136 Å². The van der Waals surface area contributed by atoms with E-state index in [4.69, 9.17) is 0 Å². The van der Waals surface area contributed by atoms with Crippen LogP contribution in [0.1, 0.15) is 44.8 Å². The number of rotatable bonds is 2. The zero-order valence-electron chi connectivity index (χ0n) is 12.1. The number of carbonyl (C=O) groups excluding carboxylic acids is 1. The third-order valence-electron chi connectivity index (χ3n) is 3.97. The summed E-state index contributed by atoms with van der Waals surface area (Å²) in [4.78, 5) is 22.9. The Kier molecular flexibility index (Phi) is 3.43. The van der Waals surface area contributed by atoms with Crippen molar-refractivity contribution in [3.05, 3.63) is 44.9 Å². The summed E-state index contributed by atoms with van der Waals surface area (Å²) in [6.45, 7) is 2.03. The SMILES string of the molecule is Cc1nc2c(s1)CCCC2NC(=O)c1cccc2ncsc12. The lowest BCUT2D eigenvalue weighted by molar-refractivity contribution is 0.0934. The van der Waals surface area contributed by atoms with Gasteiger partial charge in [0.1, 0.15) is 0 Å². The molecule has 0 fully saturated rings. The highest BCUT2D eigenvalue weighted by molar-refractivity contribution is 7.17. The highest BCUT2D eigenvalue weighted by Crippen LogP contribution is 2.33. The van der Waals surface area contributed by atoms with Gasteiger partial charge in [-0.25, -0.2) is 9.97 Å². The van der Waals surface area contributed by atoms with Crippen molar-refractivity contribution >= 4 is 38.8 Å². The minimum absolute atomic E-state index is 0.0293. The molecule has 0 saturated carbocycles. The molecule has 4 rings (SSSR count). The Hall–Kier alpha value is -1.79. The highest BCUT2D eigenvalue weighted by Gasteiger charge is 2.26. The molecule has 0 radical (unpaired) electrons. The molecule has 0 bridgehead atoms. The molecule has 0 aliphatic heterocycles. The molecule has 2 heterocycles. The average Bonchev–Trinajstić information content (AvgIpc) is 3.12. The lowest BCUT2D eigenvalue weighted by Crippen LogP contribution is -2.31. The molecule has 4 nitrogen and oxygen atoms in total. The number of benzene rings is 1. The van der Waals surface area contributed by atoms with Crippen LogP contribution in [0, 0.1) is 6.92 Å². The van der Waals surface area contributed by atoms with Crippen molar-refractivity contribution in [1.82, 2.24) is 15.3 Å². The summed E-state index contributed by atoms with van der Waals surface area (Å²) in [5, 5.41) is 4.25. The van der Waals surface area contributed by atoms with E-state index in [1.165, 1.54) is 16.2 Å². The molecular weight excluding hydrogens is 314 g/mol. The lowest BCUT2D eigenvalue weighted by atomic mass is 9.97. The van der Waals surface area contributed by atoms with Crippen molar-refractivity contribution in [2.24, 2.45) is 0 Å². The number of fused-ring (bicyclic) bond motifs is 2. The molecule has 1 aliphatic rings. The Balaban J connectivity index is 1.64. The first-order valence-corrected chi connectivity index (χ1v) is 9.01. The van der Waals surface area contributed by atoms with Crippen LogP contribution in [-0.4, -0.2) is 15.9 Å². The van der Waals surface area contributed by atoms with Crippen LogP contribution < -0.4 is 5.32 Å². The molecule has 22 heavy (non-hydrogen) atoms. The zero-order chi connectivity index (χ0) is 15.1.